The Morgan fingerprint density at radius 3 is 2.67 bits per heavy atom. The van der Waals surface area contributed by atoms with Crippen LogP contribution in [0.4, 0.5) is 4.39 Å². The molecule has 0 saturated heterocycles. The zero-order chi connectivity index (χ0) is 11.4. The number of hydrogen-bond acceptors (Lipinski definition) is 2. The summed E-state index contributed by atoms with van der Waals surface area (Å²) in [7, 11) is 0. The van der Waals surface area contributed by atoms with Crippen molar-refractivity contribution in [2.75, 3.05) is 0 Å². The molecule has 0 aliphatic rings. The summed E-state index contributed by atoms with van der Waals surface area (Å²) >= 11 is 0. The van der Waals surface area contributed by atoms with Crippen LogP contribution in [0.5, 0.6) is 5.75 Å². The summed E-state index contributed by atoms with van der Waals surface area (Å²) < 4.78 is 13.0. The number of rotatable bonds is 4. The van der Waals surface area contributed by atoms with Gasteiger partial charge in [0.25, 0.3) is 0 Å². The van der Waals surface area contributed by atoms with E-state index in [9.17, 15) is 9.50 Å². The maximum absolute atomic E-state index is 13.0. The van der Waals surface area contributed by atoms with Crippen LogP contribution >= 0.6 is 0 Å². The SMILES string of the molecule is CC[C@@H](C)N[C@H](C)c1cc(F)ccc1O. The lowest BCUT2D eigenvalue weighted by atomic mass is 10.1. The fourth-order valence-corrected chi connectivity index (χ4v) is 1.51. The number of phenols is 1. The standard InChI is InChI=1S/C12H18FNO/c1-4-8(2)14-9(3)11-7-10(13)5-6-12(11)15/h5-9,14-15H,4H2,1-3H3/t8-,9-/m1/s1. The molecule has 3 heteroatoms. The molecule has 2 nitrogen and oxygen atoms in total. The molecule has 0 unspecified atom stereocenters. The Labute approximate surface area is 90.1 Å². The lowest BCUT2D eigenvalue weighted by Crippen LogP contribution is -2.28. The predicted molar refractivity (Wildman–Crippen MR) is 59.4 cm³/mol. The van der Waals surface area contributed by atoms with Crippen LogP contribution in [0, 0.1) is 5.82 Å². The minimum absolute atomic E-state index is 0.0457. The molecule has 15 heavy (non-hydrogen) atoms. The fraction of sp³-hybridized carbons (Fsp3) is 0.500. The molecule has 1 aromatic carbocycles. The molecule has 0 fully saturated rings. The minimum atomic E-state index is -0.319. The van der Waals surface area contributed by atoms with Gasteiger partial charge in [-0.2, -0.15) is 0 Å². The van der Waals surface area contributed by atoms with Crippen molar-refractivity contribution in [2.45, 2.75) is 39.3 Å². The molecule has 0 radical (unpaired) electrons. The number of benzene rings is 1. The highest BCUT2D eigenvalue weighted by molar-refractivity contribution is 5.34. The first-order valence-electron chi connectivity index (χ1n) is 5.29. The van der Waals surface area contributed by atoms with Crippen molar-refractivity contribution in [3.63, 3.8) is 0 Å². The highest BCUT2D eigenvalue weighted by atomic mass is 19.1. The molecular weight excluding hydrogens is 193 g/mol. The van der Waals surface area contributed by atoms with Crippen LogP contribution < -0.4 is 5.32 Å². The van der Waals surface area contributed by atoms with Gasteiger partial charge >= 0.3 is 0 Å². The van der Waals surface area contributed by atoms with Crippen LogP contribution in [0.15, 0.2) is 18.2 Å². The molecule has 0 saturated carbocycles. The molecule has 1 rings (SSSR count). The molecule has 0 aromatic heterocycles. The summed E-state index contributed by atoms with van der Waals surface area (Å²) in [5.74, 6) is -0.180. The van der Waals surface area contributed by atoms with Gasteiger partial charge in [0.1, 0.15) is 11.6 Å². The van der Waals surface area contributed by atoms with E-state index < -0.39 is 0 Å². The first-order chi connectivity index (χ1) is 7.04. The van der Waals surface area contributed by atoms with Crippen molar-refractivity contribution in [3.8, 4) is 5.75 Å². The van der Waals surface area contributed by atoms with Gasteiger partial charge in [0.15, 0.2) is 0 Å². The molecule has 0 amide bonds. The Bertz CT molecular complexity index is 327. The molecule has 0 heterocycles. The van der Waals surface area contributed by atoms with Crippen LogP contribution in [0.2, 0.25) is 0 Å². The van der Waals surface area contributed by atoms with E-state index in [0.717, 1.165) is 6.42 Å². The average Bonchev–Trinajstić information content (AvgIpc) is 2.21. The summed E-state index contributed by atoms with van der Waals surface area (Å²) in [6.45, 7) is 6.06. The normalized spacial score (nSPS) is 14.9. The molecule has 0 bridgehead atoms. The summed E-state index contributed by atoms with van der Waals surface area (Å²) in [5.41, 5.74) is 0.607. The van der Waals surface area contributed by atoms with E-state index in [-0.39, 0.29) is 17.6 Å². The van der Waals surface area contributed by atoms with Gasteiger partial charge in [-0.05, 0) is 38.5 Å². The van der Waals surface area contributed by atoms with Gasteiger partial charge in [-0.3, -0.25) is 0 Å². The van der Waals surface area contributed by atoms with Gasteiger partial charge in [-0.1, -0.05) is 6.92 Å². The molecule has 2 N–H and O–H groups in total. The average molecular weight is 211 g/mol. The van der Waals surface area contributed by atoms with Crippen molar-refractivity contribution in [1.82, 2.24) is 5.32 Å². The smallest absolute Gasteiger partial charge is 0.123 e. The third kappa shape index (κ3) is 3.20. The highest BCUT2D eigenvalue weighted by Crippen LogP contribution is 2.25. The maximum atomic E-state index is 13.0. The second kappa shape index (κ2) is 5.12. The Morgan fingerprint density at radius 2 is 2.07 bits per heavy atom. The van der Waals surface area contributed by atoms with E-state index in [4.69, 9.17) is 0 Å². The van der Waals surface area contributed by atoms with E-state index in [2.05, 4.69) is 19.2 Å². The predicted octanol–water partition coefficient (Wildman–Crippen LogP) is 2.98. The minimum Gasteiger partial charge on any atom is -0.508 e. The van der Waals surface area contributed by atoms with E-state index in [1.54, 1.807) is 0 Å². The summed E-state index contributed by atoms with van der Waals surface area (Å²) in [4.78, 5) is 0. The molecule has 2 atom stereocenters. The van der Waals surface area contributed by atoms with Crippen molar-refractivity contribution in [1.29, 1.82) is 0 Å². The molecule has 1 aromatic rings. The van der Waals surface area contributed by atoms with E-state index >= 15 is 0 Å². The van der Waals surface area contributed by atoms with Gasteiger partial charge in [0.05, 0.1) is 0 Å². The van der Waals surface area contributed by atoms with Gasteiger partial charge in [0.2, 0.25) is 0 Å². The van der Waals surface area contributed by atoms with Gasteiger partial charge in [0, 0.05) is 17.6 Å². The Balaban J connectivity index is 2.80. The quantitative estimate of drug-likeness (QED) is 0.802. The zero-order valence-electron chi connectivity index (χ0n) is 9.42. The van der Waals surface area contributed by atoms with Crippen LogP contribution in [-0.4, -0.2) is 11.1 Å². The largest absolute Gasteiger partial charge is 0.508 e. The molecule has 84 valence electrons. The Hall–Kier alpha value is -1.09. The van der Waals surface area contributed by atoms with Crippen LogP contribution in [0.25, 0.3) is 0 Å². The lowest BCUT2D eigenvalue weighted by Gasteiger charge is -2.20. The summed E-state index contributed by atoms with van der Waals surface area (Å²) in [6.07, 6.45) is 1.00. The summed E-state index contributed by atoms with van der Waals surface area (Å²) in [5, 5.41) is 12.9. The molecule has 0 aliphatic carbocycles. The number of nitrogens with one attached hydrogen (secondary N) is 1. The molecule has 0 spiro atoms. The van der Waals surface area contributed by atoms with Crippen molar-refractivity contribution >= 4 is 0 Å². The highest BCUT2D eigenvalue weighted by Gasteiger charge is 2.12. The first kappa shape index (κ1) is 12.0. The van der Waals surface area contributed by atoms with Gasteiger partial charge < -0.3 is 10.4 Å². The van der Waals surface area contributed by atoms with Crippen molar-refractivity contribution in [2.24, 2.45) is 0 Å². The van der Waals surface area contributed by atoms with Crippen LogP contribution in [-0.2, 0) is 0 Å². The lowest BCUT2D eigenvalue weighted by molar-refractivity contribution is 0.427. The van der Waals surface area contributed by atoms with Crippen molar-refractivity contribution in [3.05, 3.63) is 29.6 Å². The Kier molecular flexibility index (Phi) is 4.09. The number of hydrogen-bond donors (Lipinski definition) is 2. The third-order valence-corrected chi connectivity index (χ3v) is 2.60. The first-order valence-corrected chi connectivity index (χ1v) is 5.29. The van der Waals surface area contributed by atoms with E-state index in [1.807, 2.05) is 6.92 Å². The zero-order valence-corrected chi connectivity index (χ0v) is 9.42. The Morgan fingerprint density at radius 1 is 1.40 bits per heavy atom. The topological polar surface area (TPSA) is 32.3 Å². The molecule has 0 aliphatic heterocycles. The monoisotopic (exact) mass is 211 g/mol. The number of halogens is 1. The van der Waals surface area contributed by atoms with Crippen LogP contribution in [0.3, 0.4) is 0 Å². The van der Waals surface area contributed by atoms with Crippen molar-refractivity contribution < 1.29 is 9.50 Å². The molecular formula is C12H18FNO. The van der Waals surface area contributed by atoms with E-state index in [0.29, 0.717) is 11.6 Å². The second-order valence-electron chi connectivity index (χ2n) is 3.90. The van der Waals surface area contributed by atoms with Gasteiger partial charge in [-0.25, -0.2) is 4.39 Å². The van der Waals surface area contributed by atoms with Gasteiger partial charge in [-0.15, -0.1) is 0 Å². The summed E-state index contributed by atoms with van der Waals surface area (Å²) in [6, 6.07) is 4.32. The maximum Gasteiger partial charge on any atom is 0.123 e. The fourth-order valence-electron chi connectivity index (χ4n) is 1.51. The third-order valence-electron chi connectivity index (χ3n) is 2.60. The number of aromatic hydroxyl groups is 1. The number of phenolic OH excluding ortho intramolecular Hbond substituents is 1. The van der Waals surface area contributed by atoms with E-state index in [1.165, 1.54) is 18.2 Å². The second-order valence-corrected chi connectivity index (χ2v) is 3.90. The van der Waals surface area contributed by atoms with Crippen LogP contribution in [0.1, 0.15) is 38.8 Å².